The van der Waals surface area contributed by atoms with Crippen molar-refractivity contribution in [2.24, 2.45) is 0 Å². The molecule has 0 radical (unpaired) electrons. The highest BCUT2D eigenvalue weighted by Crippen LogP contribution is 2.18. The van der Waals surface area contributed by atoms with E-state index in [1.54, 1.807) is 24.1 Å². The van der Waals surface area contributed by atoms with Crippen molar-refractivity contribution < 1.29 is 14.2 Å². The van der Waals surface area contributed by atoms with Crippen LogP contribution in [0.3, 0.4) is 0 Å². The number of nitrogens with zero attached hydrogens (tertiary/aromatic N) is 3. The van der Waals surface area contributed by atoms with Crippen LogP contribution < -0.4 is 5.32 Å². The second kappa shape index (κ2) is 6.01. The van der Waals surface area contributed by atoms with Gasteiger partial charge in [0.05, 0.1) is 0 Å². The number of carbonyl (C=O) groups is 2. The highest BCUT2D eigenvalue weighted by atomic mass is 16.6. The van der Waals surface area contributed by atoms with E-state index >= 15 is 0 Å². The Balaban J connectivity index is 1.49. The van der Waals surface area contributed by atoms with Gasteiger partial charge < -0.3 is 10.2 Å². The van der Waals surface area contributed by atoms with Gasteiger partial charge in [-0.05, 0) is 39.6 Å². The van der Waals surface area contributed by atoms with E-state index < -0.39 is 6.04 Å². The number of benzene rings is 2. The molecule has 2 heterocycles. The van der Waals surface area contributed by atoms with Gasteiger partial charge in [-0.3, -0.25) is 9.59 Å². The zero-order chi connectivity index (χ0) is 17.4. The van der Waals surface area contributed by atoms with E-state index in [-0.39, 0.29) is 11.8 Å². The summed E-state index contributed by atoms with van der Waals surface area (Å²) in [5.41, 5.74) is 3.78. The van der Waals surface area contributed by atoms with E-state index in [1.807, 2.05) is 30.3 Å². The van der Waals surface area contributed by atoms with Gasteiger partial charge in [0, 0.05) is 25.6 Å². The van der Waals surface area contributed by atoms with Crippen LogP contribution in [-0.4, -0.2) is 40.1 Å². The number of fused-ring (bicyclic) bond motifs is 2. The van der Waals surface area contributed by atoms with Crippen LogP contribution in [0.5, 0.6) is 0 Å². The summed E-state index contributed by atoms with van der Waals surface area (Å²) >= 11 is 0. The monoisotopic (exact) mass is 336 g/mol. The number of likely N-dealkylation sites (N-methyl/N-ethyl adjacent to an activating group) is 1. The van der Waals surface area contributed by atoms with Crippen LogP contribution in [0.2, 0.25) is 0 Å². The number of nitrogens with one attached hydrogen (secondary N) is 1. The van der Waals surface area contributed by atoms with Crippen LogP contribution in [0.1, 0.15) is 21.5 Å². The van der Waals surface area contributed by atoms with Crippen LogP contribution in [0.15, 0.2) is 47.1 Å². The Bertz CT molecular complexity index is 966. The summed E-state index contributed by atoms with van der Waals surface area (Å²) in [6, 6.07) is 12.3. The van der Waals surface area contributed by atoms with E-state index in [1.165, 1.54) is 0 Å². The Labute approximate surface area is 143 Å². The minimum absolute atomic E-state index is 0.124. The summed E-state index contributed by atoms with van der Waals surface area (Å²) in [6.07, 6.45) is 0.497. The summed E-state index contributed by atoms with van der Waals surface area (Å²) in [5.74, 6) is -0.329. The summed E-state index contributed by atoms with van der Waals surface area (Å²) in [6.45, 7) is 0.412. The van der Waals surface area contributed by atoms with Gasteiger partial charge in [-0.2, -0.15) is 0 Å². The lowest BCUT2D eigenvalue weighted by molar-refractivity contribution is -0.132. The van der Waals surface area contributed by atoms with Crippen LogP contribution in [0.4, 0.5) is 0 Å². The van der Waals surface area contributed by atoms with Crippen LogP contribution in [0, 0.1) is 0 Å². The standard InChI is InChI=1S/C18H16N4O3/c1-22(10-11-6-7-14-15(8-11)21-25-20-14)18(24)16-9-12-4-2-3-5-13(12)17(23)19-16/h2-8,16H,9-10H2,1H3,(H,19,23). The molecule has 0 spiro atoms. The van der Waals surface area contributed by atoms with E-state index in [0.717, 1.165) is 11.1 Å². The molecule has 0 aliphatic carbocycles. The Morgan fingerprint density at radius 1 is 1.24 bits per heavy atom. The number of rotatable bonds is 3. The maximum Gasteiger partial charge on any atom is 0.252 e. The van der Waals surface area contributed by atoms with Crippen LogP contribution in [-0.2, 0) is 17.8 Å². The van der Waals surface area contributed by atoms with Crippen molar-refractivity contribution in [3.8, 4) is 0 Å². The lowest BCUT2D eigenvalue weighted by Gasteiger charge is -2.28. The van der Waals surface area contributed by atoms with Gasteiger partial charge in [-0.1, -0.05) is 24.3 Å². The van der Waals surface area contributed by atoms with E-state index in [0.29, 0.717) is 29.6 Å². The first kappa shape index (κ1) is 15.3. The quantitative estimate of drug-likeness (QED) is 0.784. The topological polar surface area (TPSA) is 88.3 Å². The zero-order valence-electron chi connectivity index (χ0n) is 13.6. The molecule has 7 nitrogen and oxygen atoms in total. The number of aromatic nitrogens is 2. The third kappa shape index (κ3) is 2.84. The lowest BCUT2D eigenvalue weighted by Crippen LogP contribution is -2.51. The van der Waals surface area contributed by atoms with Crippen molar-refractivity contribution >= 4 is 22.8 Å². The lowest BCUT2D eigenvalue weighted by atomic mass is 9.94. The molecule has 4 rings (SSSR count). The van der Waals surface area contributed by atoms with E-state index in [2.05, 4.69) is 20.3 Å². The van der Waals surface area contributed by atoms with Gasteiger partial charge in [0.15, 0.2) is 0 Å². The largest absolute Gasteiger partial charge is 0.340 e. The molecule has 3 aromatic rings. The van der Waals surface area contributed by atoms with Crippen LogP contribution in [0.25, 0.3) is 11.0 Å². The molecule has 1 atom stereocenters. The van der Waals surface area contributed by atoms with E-state index in [9.17, 15) is 9.59 Å². The minimum atomic E-state index is -0.551. The van der Waals surface area contributed by atoms with Gasteiger partial charge in [0.25, 0.3) is 5.91 Å². The SMILES string of the molecule is CN(Cc1ccc2nonc2c1)C(=O)C1Cc2ccccc2C(=O)N1. The van der Waals surface area contributed by atoms with Crippen molar-refractivity contribution in [1.29, 1.82) is 0 Å². The van der Waals surface area contributed by atoms with Crippen molar-refractivity contribution in [3.05, 3.63) is 59.2 Å². The predicted molar refractivity (Wildman–Crippen MR) is 89.7 cm³/mol. The highest BCUT2D eigenvalue weighted by Gasteiger charge is 2.30. The normalized spacial score (nSPS) is 16.4. The van der Waals surface area contributed by atoms with Gasteiger partial charge in [0.1, 0.15) is 17.1 Å². The zero-order valence-corrected chi connectivity index (χ0v) is 13.6. The second-order valence-corrected chi connectivity index (χ2v) is 6.17. The smallest absolute Gasteiger partial charge is 0.252 e. The summed E-state index contributed by atoms with van der Waals surface area (Å²) in [4.78, 5) is 26.5. The molecule has 2 amide bonds. The number of hydrogen-bond donors (Lipinski definition) is 1. The number of carbonyl (C=O) groups excluding carboxylic acids is 2. The summed E-state index contributed by atoms with van der Waals surface area (Å²) in [5, 5.41) is 10.4. The molecular formula is C18H16N4O3. The third-order valence-corrected chi connectivity index (χ3v) is 4.40. The van der Waals surface area contributed by atoms with Gasteiger partial charge in [0.2, 0.25) is 5.91 Å². The maximum absolute atomic E-state index is 12.7. The molecule has 0 fully saturated rings. The molecule has 1 unspecified atom stereocenters. The molecular weight excluding hydrogens is 320 g/mol. The number of hydrogen-bond acceptors (Lipinski definition) is 5. The molecule has 1 aliphatic rings. The van der Waals surface area contributed by atoms with Crippen molar-refractivity contribution in [1.82, 2.24) is 20.5 Å². The van der Waals surface area contributed by atoms with Crippen molar-refractivity contribution in [2.45, 2.75) is 19.0 Å². The Kier molecular flexibility index (Phi) is 3.68. The molecule has 1 aliphatic heterocycles. The predicted octanol–water partition coefficient (Wildman–Crippen LogP) is 1.54. The summed E-state index contributed by atoms with van der Waals surface area (Å²) < 4.78 is 4.68. The molecule has 7 heteroatoms. The third-order valence-electron chi connectivity index (χ3n) is 4.40. The van der Waals surface area contributed by atoms with Gasteiger partial charge in [-0.25, -0.2) is 4.63 Å². The average molecular weight is 336 g/mol. The molecule has 2 aromatic carbocycles. The van der Waals surface area contributed by atoms with Crippen LogP contribution >= 0.6 is 0 Å². The van der Waals surface area contributed by atoms with E-state index in [4.69, 9.17) is 0 Å². The van der Waals surface area contributed by atoms with Gasteiger partial charge in [-0.15, -0.1) is 0 Å². The highest BCUT2D eigenvalue weighted by molar-refractivity contribution is 6.00. The fourth-order valence-corrected chi connectivity index (χ4v) is 3.12. The molecule has 1 aromatic heterocycles. The molecule has 126 valence electrons. The average Bonchev–Trinajstić information content (AvgIpc) is 3.08. The number of amides is 2. The molecule has 25 heavy (non-hydrogen) atoms. The molecule has 0 bridgehead atoms. The Morgan fingerprint density at radius 2 is 2.04 bits per heavy atom. The first-order valence-corrected chi connectivity index (χ1v) is 7.97. The maximum atomic E-state index is 12.7. The summed E-state index contributed by atoms with van der Waals surface area (Å²) in [7, 11) is 1.72. The first-order valence-electron chi connectivity index (χ1n) is 7.97. The minimum Gasteiger partial charge on any atom is -0.340 e. The molecule has 0 saturated carbocycles. The van der Waals surface area contributed by atoms with Gasteiger partial charge >= 0.3 is 0 Å². The first-order chi connectivity index (χ1) is 12.1. The Morgan fingerprint density at radius 3 is 2.92 bits per heavy atom. The van der Waals surface area contributed by atoms with Crippen molar-refractivity contribution in [3.63, 3.8) is 0 Å². The molecule has 0 saturated heterocycles. The fourth-order valence-electron chi connectivity index (χ4n) is 3.12. The Hall–Kier alpha value is -3.22. The second-order valence-electron chi connectivity index (χ2n) is 6.17. The van der Waals surface area contributed by atoms with Crippen molar-refractivity contribution in [2.75, 3.05) is 7.05 Å². The fraction of sp³-hybridized carbons (Fsp3) is 0.222. The molecule has 1 N–H and O–H groups in total.